The first kappa shape index (κ1) is 34.9. The van der Waals surface area contributed by atoms with Crippen molar-refractivity contribution in [3.8, 4) is 5.75 Å². The molecule has 19 heteroatoms. The molecule has 0 bridgehead atoms. The molecule has 0 radical (unpaired) electrons. The van der Waals surface area contributed by atoms with E-state index in [1.54, 1.807) is 11.5 Å². The van der Waals surface area contributed by atoms with Gasteiger partial charge in [0.15, 0.2) is 11.4 Å². The average molecular weight is 719 g/mol. The van der Waals surface area contributed by atoms with Crippen molar-refractivity contribution in [2.24, 2.45) is 0 Å². The van der Waals surface area contributed by atoms with E-state index < -0.39 is 29.1 Å². The van der Waals surface area contributed by atoms with E-state index in [4.69, 9.17) is 16.3 Å². The van der Waals surface area contributed by atoms with Crippen LogP contribution < -0.4 is 20.7 Å². The average Bonchev–Trinajstić information content (AvgIpc) is 3.35. The Morgan fingerprint density at radius 2 is 1.82 bits per heavy atom. The Hall–Kier alpha value is -4.97. The lowest BCUT2D eigenvalue weighted by atomic mass is 10.2. The number of piperazine rings is 1. The summed E-state index contributed by atoms with van der Waals surface area (Å²) in [4.78, 5) is 58.8. The maximum atomic E-state index is 14.2. The van der Waals surface area contributed by atoms with E-state index >= 15 is 0 Å². The number of ether oxygens (including phenoxy) is 1. The molecule has 2 fully saturated rings. The molecule has 2 N–H and O–H groups in total. The number of rotatable bonds is 7. The number of benzene rings is 1. The van der Waals surface area contributed by atoms with Crippen LogP contribution in [-0.2, 0) is 28.7 Å². The zero-order chi connectivity index (χ0) is 35.7. The Kier molecular flexibility index (Phi) is 9.84. The summed E-state index contributed by atoms with van der Waals surface area (Å²) in [6.45, 7) is 6.02. The quantitative estimate of drug-likeness (QED) is 0.289. The van der Waals surface area contributed by atoms with E-state index in [1.807, 2.05) is 16.7 Å². The molecule has 0 unspecified atom stereocenters. The number of carbonyl (C=O) groups excluding carboxylic acids is 2. The molecule has 6 rings (SSSR count). The molecule has 2 aliphatic heterocycles. The number of alkyl halides is 3. The summed E-state index contributed by atoms with van der Waals surface area (Å²) >= 11 is 6.12. The van der Waals surface area contributed by atoms with Crippen LogP contribution in [0.15, 0.2) is 29.2 Å². The van der Waals surface area contributed by atoms with E-state index in [9.17, 15) is 32.7 Å². The van der Waals surface area contributed by atoms with E-state index in [0.717, 1.165) is 29.1 Å². The van der Waals surface area contributed by atoms with Gasteiger partial charge in [-0.1, -0.05) is 18.5 Å². The second-order valence-electron chi connectivity index (χ2n) is 11.8. The molecule has 0 aliphatic carbocycles. The lowest BCUT2D eigenvalue weighted by Gasteiger charge is -2.36. The first-order valence-electron chi connectivity index (χ1n) is 15.9. The molecule has 1 aromatic carbocycles. The zero-order valence-corrected chi connectivity index (χ0v) is 28.0. The van der Waals surface area contributed by atoms with Crippen LogP contribution in [0.3, 0.4) is 0 Å². The molecule has 0 spiro atoms. The number of nitrogens with zero attached hydrogens (tertiary/aromatic N) is 9. The zero-order valence-electron chi connectivity index (χ0n) is 27.2. The molecular weight excluding hydrogens is 685 g/mol. The SMILES string of the molecule is CCc1c(N2CCN(C(=O)c3nc(C)ncc3O)CC2)c(=O)n2nc(N3CCCOCC3)nc2n1CC(=O)Nc1ccc(C(F)(F)F)cc1Cl. The van der Waals surface area contributed by atoms with Crippen LogP contribution in [0.1, 0.15) is 40.9 Å². The minimum atomic E-state index is -4.61. The summed E-state index contributed by atoms with van der Waals surface area (Å²) in [5.41, 5.74) is -0.814. The number of aryl methyl sites for hydroxylation is 1. The van der Waals surface area contributed by atoms with Crippen LogP contribution in [-0.4, -0.2) is 103 Å². The van der Waals surface area contributed by atoms with Gasteiger partial charge in [-0.05, 0) is 38.0 Å². The number of halogens is 4. The fourth-order valence-electron chi connectivity index (χ4n) is 6.03. The predicted molar refractivity (Wildman–Crippen MR) is 176 cm³/mol. The van der Waals surface area contributed by atoms with Crippen molar-refractivity contribution < 1.29 is 32.6 Å². The second kappa shape index (κ2) is 14.1. The molecule has 2 aliphatic rings. The summed E-state index contributed by atoms with van der Waals surface area (Å²) in [6, 6.07) is 2.63. The van der Waals surface area contributed by atoms with Gasteiger partial charge in [0.05, 0.1) is 34.8 Å². The van der Waals surface area contributed by atoms with Gasteiger partial charge in [0.25, 0.3) is 11.5 Å². The molecule has 50 heavy (non-hydrogen) atoms. The van der Waals surface area contributed by atoms with Crippen LogP contribution in [0.2, 0.25) is 5.02 Å². The van der Waals surface area contributed by atoms with Crippen molar-refractivity contribution in [2.45, 2.75) is 39.4 Å². The number of nitrogens with one attached hydrogen (secondary N) is 1. The van der Waals surface area contributed by atoms with Gasteiger partial charge in [-0.15, -0.1) is 5.10 Å². The second-order valence-corrected chi connectivity index (χ2v) is 12.2. The topological polar surface area (TPSA) is 163 Å². The molecule has 3 aromatic heterocycles. The molecule has 0 saturated carbocycles. The standard InChI is InChI=1S/C31H34ClF3N10O5/c1-3-22-26(41-8-10-42(11-9-41)27(48)25-23(46)16-36-18(2)37-25)28(49)45-30(39-29(40-45)43-7-4-13-50-14-12-43)44(22)17-24(47)38-21-6-5-19(15-20(21)32)31(33,34)35/h5-6,15-16,46H,3-4,7-14,17H2,1-2H3,(H,38,47). The monoisotopic (exact) mass is 718 g/mol. The molecule has 2 saturated heterocycles. The lowest BCUT2D eigenvalue weighted by Crippen LogP contribution is -2.51. The summed E-state index contributed by atoms with van der Waals surface area (Å²) < 4.78 is 47.9. The maximum Gasteiger partial charge on any atom is 0.416 e. The Morgan fingerprint density at radius 1 is 1.06 bits per heavy atom. The maximum absolute atomic E-state index is 14.2. The van der Waals surface area contributed by atoms with Crippen molar-refractivity contribution in [1.29, 1.82) is 0 Å². The third-order valence-corrected chi connectivity index (χ3v) is 8.81. The van der Waals surface area contributed by atoms with E-state index in [-0.39, 0.29) is 72.3 Å². The van der Waals surface area contributed by atoms with Crippen LogP contribution in [0, 0.1) is 6.92 Å². The van der Waals surface area contributed by atoms with E-state index in [0.29, 0.717) is 44.2 Å². The van der Waals surface area contributed by atoms with Crippen LogP contribution >= 0.6 is 11.6 Å². The Balaban J connectivity index is 1.34. The first-order valence-corrected chi connectivity index (χ1v) is 16.3. The Labute approximate surface area is 288 Å². The van der Waals surface area contributed by atoms with Gasteiger partial charge in [-0.2, -0.15) is 22.7 Å². The molecule has 15 nitrogen and oxygen atoms in total. The van der Waals surface area contributed by atoms with Gasteiger partial charge in [0.1, 0.15) is 18.1 Å². The predicted octanol–water partition coefficient (Wildman–Crippen LogP) is 2.76. The number of carbonyl (C=O) groups is 2. The van der Waals surface area contributed by atoms with Crippen LogP contribution in [0.25, 0.3) is 5.78 Å². The largest absolute Gasteiger partial charge is 0.504 e. The van der Waals surface area contributed by atoms with Crippen LogP contribution in [0.4, 0.5) is 30.5 Å². The molecule has 4 aromatic rings. The molecule has 266 valence electrons. The number of amides is 2. The number of hydrogen-bond acceptors (Lipinski definition) is 11. The molecule has 2 amide bonds. The minimum Gasteiger partial charge on any atom is -0.504 e. The molecule has 5 heterocycles. The number of fused-ring (bicyclic) bond motifs is 1. The number of anilines is 3. The fraction of sp³-hybridized carbons (Fsp3) is 0.452. The van der Waals surface area contributed by atoms with Gasteiger partial charge in [-0.3, -0.25) is 14.4 Å². The number of aromatic nitrogens is 6. The summed E-state index contributed by atoms with van der Waals surface area (Å²) in [6.07, 6.45) is -2.43. The number of hydrogen-bond donors (Lipinski definition) is 2. The van der Waals surface area contributed by atoms with E-state index in [2.05, 4.69) is 25.4 Å². The van der Waals surface area contributed by atoms with Gasteiger partial charge >= 0.3 is 6.18 Å². The number of aromatic hydroxyl groups is 1. The Morgan fingerprint density at radius 3 is 2.52 bits per heavy atom. The Bertz CT molecular complexity index is 1990. The van der Waals surface area contributed by atoms with E-state index in [1.165, 1.54) is 11.1 Å². The van der Waals surface area contributed by atoms with Crippen molar-refractivity contribution >= 4 is 46.5 Å². The first-order chi connectivity index (χ1) is 23.8. The summed E-state index contributed by atoms with van der Waals surface area (Å²) in [5, 5.41) is 17.0. The molecular formula is C31H34ClF3N10O5. The smallest absolute Gasteiger partial charge is 0.416 e. The van der Waals surface area contributed by atoms with Gasteiger partial charge in [0.2, 0.25) is 17.6 Å². The van der Waals surface area contributed by atoms with Gasteiger partial charge < -0.3 is 34.4 Å². The van der Waals surface area contributed by atoms with Crippen molar-refractivity contribution in [3.05, 3.63) is 62.5 Å². The fourth-order valence-corrected chi connectivity index (χ4v) is 6.26. The van der Waals surface area contributed by atoms with Crippen LogP contribution in [0.5, 0.6) is 5.75 Å². The lowest BCUT2D eigenvalue weighted by molar-refractivity contribution is -0.137. The normalized spacial score (nSPS) is 15.8. The summed E-state index contributed by atoms with van der Waals surface area (Å²) in [5.74, 6) is -0.720. The third-order valence-electron chi connectivity index (χ3n) is 8.50. The highest BCUT2D eigenvalue weighted by Gasteiger charge is 2.32. The van der Waals surface area contributed by atoms with Gasteiger partial charge in [-0.25, -0.2) is 9.97 Å². The van der Waals surface area contributed by atoms with Crippen molar-refractivity contribution in [2.75, 3.05) is 67.6 Å². The highest BCUT2D eigenvalue weighted by Crippen LogP contribution is 2.34. The summed E-state index contributed by atoms with van der Waals surface area (Å²) in [7, 11) is 0. The molecule has 0 atom stereocenters. The third kappa shape index (κ3) is 7.02. The van der Waals surface area contributed by atoms with Gasteiger partial charge in [0, 0.05) is 45.9 Å². The highest BCUT2D eigenvalue weighted by molar-refractivity contribution is 6.33. The van der Waals surface area contributed by atoms with Crippen molar-refractivity contribution in [3.63, 3.8) is 0 Å². The highest BCUT2D eigenvalue weighted by atomic mass is 35.5. The minimum absolute atomic E-state index is 0.0163. The van der Waals surface area contributed by atoms with Crippen molar-refractivity contribution in [1.82, 2.24) is 34.0 Å².